The Morgan fingerprint density at radius 2 is 2.00 bits per heavy atom. The van der Waals surface area contributed by atoms with Crippen molar-refractivity contribution in [2.45, 2.75) is 13.0 Å². The fourth-order valence-corrected chi connectivity index (χ4v) is 1.19. The van der Waals surface area contributed by atoms with Crippen LogP contribution < -0.4 is 0 Å². The lowest BCUT2D eigenvalue weighted by Crippen LogP contribution is -2.06. The van der Waals surface area contributed by atoms with Crippen molar-refractivity contribution >= 4 is 0 Å². The van der Waals surface area contributed by atoms with Crippen LogP contribution >= 0.6 is 0 Å². The Balaban J connectivity index is 2.87. The third-order valence-corrected chi connectivity index (χ3v) is 2.25. The highest BCUT2D eigenvalue weighted by Crippen LogP contribution is 2.22. The summed E-state index contributed by atoms with van der Waals surface area (Å²) in [5.74, 6) is 0.0166. The van der Waals surface area contributed by atoms with Gasteiger partial charge < -0.3 is 5.11 Å². The molecule has 0 radical (unpaired) electrons. The van der Waals surface area contributed by atoms with Crippen molar-refractivity contribution in [2.75, 3.05) is 0 Å². The fraction of sp³-hybridized carbons (Fsp3) is 0.250. The summed E-state index contributed by atoms with van der Waals surface area (Å²) in [6, 6.07) is 8.97. The van der Waals surface area contributed by atoms with Crippen molar-refractivity contribution in [3.63, 3.8) is 0 Å². The Morgan fingerprint density at radius 1 is 1.43 bits per heavy atom. The molecule has 2 heteroatoms. The summed E-state index contributed by atoms with van der Waals surface area (Å²) in [7, 11) is 0. The molecular weight excluding hydrogens is 174 g/mol. The third kappa shape index (κ3) is 2.21. The largest absolute Gasteiger partial charge is 0.388 e. The zero-order valence-corrected chi connectivity index (χ0v) is 8.14. The number of hydrogen-bond acceptors (Lipinski definition) is 2. The van der Waals surface area contributed by atoms with Crippen LogP contribution in [0.1, 0.15) is 24.2 Å². The topological polar surface area (TPSA) is 44.0 Å². The van der Waals surface area contributed by atoms with E-state index in [1.54, 1.807) is 30.3 Å². The first-order valence-corrected chi connectivity index (χ1v) is 4.49. The SMILES string of the molecule is C=C[C@@H](C)[C@H](O)c1ccc(C#N)cc1. The lowest BCUT2D eigenvalue weighted by atomic mass is 9.97. The standard InChI is InChI=1S/C12H13NO/c1-3-9(2)12(14)11-6-4-10(8-13)5-7-11/h3-7,9,12,14H,1H2,2H3/t9-,12+/m1/s1. The van der Waals surface area contributed by atoms with Gasteiger partial charge in [0.2, 0.25) is 0 Å². The zero-order chi connectivity index (χ0) is 10.6. The summed E-state index contributed by atoms with van der Waals surface area (Å²) in [4.78, 5) is 0. The summed E-state index contributed by atoms with van der Waals surface area (Å²) in [6.07, 6.45) is 1.17. The van der Waals surface area contributed by atoms with Crippen LogP contribution in [-0.2, 0) is 0 Å². The molecule has 72 valence electrons. The number of aliphatic hydroxyl groups excluding tert-OH is 1. The van der Waals surface area contributed by atoms with Crippen LogP contribution in [0.2, 0.25) is 0 Å². The third-order valence-electron chi connectivity index (χ3n) is 2.25. The smallest absolute Gasteiger partial charge is 0.0991 e. The molecule has 2 atom stereocenters. The van der Waals surface area contributed by atoms with Crippen molar-refractivity contribution in [3.8, 4) is 6.07 Å². The molecule has 0 saturated heterocycles. The van der Waals surface area contributed by atoms with E-state index in [2.05, 4.69) is 6.58 Å². The highest BCUT2D eigenvalue weighted by Gasteiger charge is 2.12. The lowest BCUT2D eigenvalue weighted by Gasteiger charge is -2.15. The van der Waals surface area contributed by atoms with Crippen LogP contribution in [0.4, 0.5) is 0 Å². The molecule has 0 amide bonds. The van der Waals surface area contributed by atoms with Crippen molar-refractivity contribution in [1.29, 1.82) is 5.26 Å². The molecule has 0 fully saturated rings. The molecule has 0 aliphatic carbocycles. The molecule has 14 heavy (non-hydrogen) atoms. The molecule has 1 aromatic rings. The van der Waals surface area contributed by atoms with E-state index in [4.69, 9.17) is 5.26 Å². The summed E-state index contributed by atoms with van der Waals surface area (Å²) < 4.78 is 0. The van der Waals surface area contributed by atoms with Crippen LogP contribution in [0.25, 0.3) is 0 Å². The molecule has 2 nitrogen and oxygen atoms in total. The molecular formula is C12H13NO. The summed E-state index contributed by atoms with van der Waals surface area (Å²) in [5, 5.41) is 18.4. The average Bonchev–Trinajstić information content (AvgIpc) is 2.27. The molecule has 0 aromatic heterocycles. The van der Waals surface area contributed by atoms with Gasteiger partial charge in [0, 0.05) is 5.92 Å². The molecule has 0 unspecified atom stereocenters. The first-order valence-electron chi connectivity index (χ1n) is 4.49. The first kappa shape index (κ1) is 10.5. The number of benzene rings is 1. The highest BCUT2D eigenvalue weighted by atomic mass is 16.3. The number of nitrogens with zero attached hydrogens (tertiary/aromatic N) is 1. The van der Waals surface area contributed by atoms with Gasteiger partial charge in [-0.15, -0.1) is 6.58 Å². The van der Waals surface area contributed by atoms with Gasteiger partial charge in [-0.05, 0) is 17.7 Å². The van der Waals surface area contributed by atoms with E-state index in [0.717, 1.165) is 5.56 Å². The van der Waals surface area contributed by atoms with Crippen molar-refractivity contribution < 1.29 is 5.11 Å². The molecule has 0 spiro atoms. The van der Waals surface area contributed by atoms with Gasteiger partial charge in [0.15, 0.2) is 0 Å². The molecule has 0 saturated carbocycles. The van der Waals surface area contributed by atoms with Crippen LogP contribution in [0.15, 0.2) is 36.9 Å². The van der Waals surface area contributed by atoms with Gasteiger partial charge in [0.25, 0.3) is 0 Å². The van der Waals surface area contributed by atoms with E-state index in [0.29, 0.717) is 5.56 Å². The molecule has 0 aliphatic rings. The van der Waals surface area contributed by atoms with Gasteiger partial charge in [0.1, 0.15) is 0 Å². The Bertz CT molecular complexity index is 348. The molecule has 0 bridgehead atoms. The minimum Gasteiger partial charge on any atom is -0.388 e. The van der Waals surface area contributed by atoms with Crippen LogP contribution in [0.3, 0.4) is 0 Å². The fourth-order valence-electron chi connectivity index (χ4n) is 1.19. The Morgan fingerprint density at radius 3 is 2.43 bits per heavy atom. The van der Waals surface area contributed by atoms with E-state index in [1.807, 2.05) is 13.0 Å². The van der Waals surface area contributed by atoms with Gasteiger partial charge in [-0.25, -0.2) is 0 Å². The lowest BCUT2D eigenvalue weighted by molar-refractivity contribution is 0.140. The van der Waals surface area contributed by atoms with E-state index in [1.165, 1.54) is 0 Å². The highest BCUT2D eigenvalue weighted by molar-refractivity contribution is 5.32. The van der Waals surface area contributed by atoms with Gasteiger partial charge in [-0.1, -0.05) is 25.1 Å². The predicted octanol–water partition coefficient (Wildman–Crippen LogP) is 2.41. The number of nitriles is 1. The Kier molecular flexibility index (Phi) is 3.44. The quantitative estimate of drug-likeness (QED) is 0.738. The monoisotopic (exact) mass is 187 g/mol. The van der Waals surface area contributed by atoms with E-state index >= 15 is 0 Å². The number of hydrogen-bond donors (Lipinski definition) is 1. The van der Waals surface area contributed by atoms with Gasteiger partial charge >= 0.3 is 0 Å². The minimum atomic E-state index is -0.541. The first-order chi connectivity index (χ1) is 6.69. The number of aliphatic hydroxyl groups is 1. The van der Waals surface area contributed by atoms with Gasteiger partial charge in [-0.3, -0.25) is 0 Å². The van der Waals surface area contributed by atoms with Crippen molar-refractivity contribution in [2.24, 2.45) is 5.92 Å². The maximum atomic E-state index is 9.80. The van der Waals surface area contributed by atoms with Gasteiger partial charge in [-0.2, -0.15) is 5.26 Å². The van der Waals surface area contributed by atoms with Crippen molar-refractivity contribution in [1.82, 2.24) is 0 Å². The Hall–Kier alpha value is -1.59. The maximum absolute atomic E-state index is 9.80. The van der Waals surface area contributed by atoms with Crippen molar-refractivity contribution in [3.05, 3.63) is 48.0 Å². The normalized spacial score (nSPS) is 14.1. The molecule has 1 aromatic carbocycles. The maximum Gasteiger partial charge on any atom is 0.0991 e. The molecule has 1 N–H and O–H groups in total. The number of rotatable bonds is 3. The Labute approximate surface area is 84.1 Å². The molecule has 0 aliphatic heterocycles. The minimum absolute atomic E-state index is 0.0166. The molecule has 0 heterocycles. The van der Waals surface area contributed by atoms with Crippen LogP contribution in [0.5, 0.6) is 0 Å². The summed E-state index contributed by atoms with van der Waals surface area (Å²) >= 11 is 0. The second-order valence-electron chi connectivity index (χ2n) is 3.27. The zero-order valence-electron chi connectivity index (χ0n) is 8.14. The second-order valence-corrected chi connectivity index (χ2v) is 3.27. The predicted molar refractivity (Wildman–Crippen MR) is 55.5 cm³/mol. The van der Waals surface area contributed by atoms with Crippen LogP contribution in [-0.4, -0.2) is 5.11 Å². The molecule has 1 rings (SSSR count). The average molecular weight is 187 g/mol. The summed E-state index contributed by atoms with van der Waals surface area (Å²) in [6.45, 7) is 5.53. The van der Waals surface area contributed by atoms with Crippen LogP contribution in [0, 0.1) is 17.2 Å². The van der Waals surface area contributed by atoms with E-state index < -0.39 is 6.10 Å². The second kappa shape index (κ2) is 4.59. The van der Waals surface area contributed by atoms with E-state index in [-0.39, 0.29) is 5.92 Å². The van der Waals surface area contributed by atoms with Gasteiger partial charge in [0.05, 0.1) is 17.7 Å². The summed E-state index contributed by atoms with van der Waals surface area (Å²) in [5.41, 5.74) is 1.42. The van der Waals surface area contributed by atoms with E-state index in [9.17, 15) is 5.11 Å².